The number of primary amides is 1. The topological polar surface area (TPSA) is 118 Å². The first-order valence-corrected chi connectivity index (χ1v) is 10.6. The van der Waals surface area contributed by atoms with E-state index in [1.54, 1.807) is 18.2 Å². The number of rotatable bonds is 7. The summed E-state index contributed by atoms with van der Waals surface area (Å²) >= 11 is 0. The number of likely N-dealkylation sites (N-methyl/N-ethyl adjacent to an activating group) is 1. The fourth-order valence-electron chi connectivity index (χ4n) is 4.00. The average molecular weight is 469 g/mol. The quantitative estimate of drug-likeness (QED) is 0.482. The summed E-state index contributed by atoms with van der Waals surface area (Å²) in [5.41, 5.74) is 7.99. The van der Waals surface area contributed by atoms with Crippen LogP contribution in [0.5, 0.6) is 5.75 Å². The Bertz CT molecular complexity index is 1200. The molecule has 0 bridgehead atoms. The van der Waals surface area contributed by atoms with E-state index in [4.69, 9.17) is 10.5 Å². The maximum Gasteiger partial charge on any atom is 0.272 e. The molecule has 0 spiro atoms. The molecule has 3 aromatic rings. The van der Waals surface area contributed by atoms with Gasteiger partial charge in [0.1, 0.15) is 5.75 Å². The lowest BCUT2D eigenvalue weighted by atomic mass is 9.93. The molecule has 1 aliphatic rings. The Morgan fingerprint density at radius 3 is 2.65 bits per heavy atom. The molecule has 1 unspecified atom stereocenters. The van der Waals surface area contributed by atoms with Gasteiger partial charge in [-0.05, 0) is 36.4 Å². The zero-order valence-corrected chi connectivity index (χ0v) is 19.0. The number of benzene rings is 2. The zero-order valence-electron chi connectivity index (χ0n) is 19.0. The van der Waals surface area contributed by atoms with Gasteiger partial charge in [0, 0.05) is 31.3 Å². The van der Waals surface area contributed by atoms with E-state index >= 15 is 0 Å². The summed E-state index contributed by atoms with van der Waals surface area (Å²) in [5.74, 6) is -3.01. The van der Waals surface area contributed by atoms with Gasteiger partial charge in [-0.1, -0.05) is 18.2 Å². The van der Waals surface area contributed by atoms with Gasteiger partial charge in [0.05, 0.1) is 25.0 Å². The number of ether oxygens (including phenoxy) is 1. The highest BCUT2D eigenvalue weighted by Crippen LogP contribution is 2.39. The van der Waals surface area contributed by atoms with Crippen molar-refractivity contribution in [2.45, 2.75) is 25.4 Å². The summed E-state index contributed by atoms with van der Waals surface area (Å²) in [6, 6.07) is 9.97. The highest BCUT2D eigenvalue weighted by Gasteiger charge is 2.30. The molecule has 0 saturated heterocycles. The van der Waals surface area contributed by atoms with Crippen LogP contribution in [0.1, 0.15) is 40.1 Å². The highest BCUT2D eigenvalue weighted by atomic mass is 19.3. The van der Waals surface area contributed by atoms with Crippen molar-refractivity contribution in [3.63, 3.8) is 0 Å². The highest BCUT2D eigenvalue weighted by molar-refractivity contribution is 5.90. The lowest BCUT2D eigenvalue weighted by Gasteiger charge is -2.34. The van der Waals surface area contributed by atoms with Crippen LogP contribution in [0.2, 0.25) is 0 Å². The predicted molar refractivity (Wildman–Crippen MR) is 123 cm³/mol. The molecule has 11 heteroatoms. The first-order valence-electron chi connectivity index (χ1n) is 10.6. The number of nitrogens with two attached hydrogens (primary N) is 1. The number of fused-ring (bicyclic) bond motifs is 1. The number of hydrogen-bond donors (Lipinski definition) is 3. The van der Waals surface area contributed by atoms with E-state index in [0.717, 1.165) is 18.1 Å². The molecule has 2 heterocycles. The minimum Gasteiger partial charge on any atom is -0.495 e. The molecule has 4 rings (SSSR count). The van der Waals surface area contributed by atoms with Gasteiger partial charge in [-0.25, -0.2) is 13.8 Å². The number of amides is 1. The fourth-order valence-corrected chi connectivity index (χ4v) is 4.00. The Morgan fingerprint density at radius 1 is 1.24 bits per heavy atom. The average Bonchev–Trinajstić information content (AvgIpc) is 2.78. The molecule has 2 aromatic carbocycles. The number of nitrogens with zero attached hydrogens (tertiary/aromatic N) is 4. The van der Waals surface area contributed by atoms with E-state index in [1.165, 1.54) is 19.4 Å². The first-order chi connectivity index (χ1) is 16.2. The second-order valence-electron chi connectivity index (χ2n) is 8.24. The summed E-state index contributed by atoms with van der Waals surface area (Å²) in [6.07, 6.45) is 1.23. The van der Waals surface area contributed by atoms with E-state index in [-0.39, 0.29) is 23.2 Å². The Morgan fingerprint density at radius 2 is 2.00 bits per heavy atom. The molecular weight excluding hydrogens is 444 g/mol. The van der Waals surface area contributed by atoms with Crippen molar-refractivity contribution in [2.24, 2.45) is 5.73 Å². The number of aromatic nitrogens is 3. The van der Waals surface area contributed by atoms with Gasteiger partial charge in [0.2, 0.25) is 5.95 Å². The number of para-hydroxylation sites is 1. The third-order valence-corrected chi connectivity index (χ3v) is 5.56. The molecule has 1 atom stereocenters. The van der Waals surface area contributed by atoms with Gasteiger partial charge < -0.3 is 21.1 Å². The third-order valence-electron chi connectivity index (χ3n) is 5.56. The Labute approximate surface area is 195 Å². The molecule has 0 radical (unpaired) electrons. The van der Waals surface area contributed by atoms with Crippen molar-refractivity contribution in [1.82, 2.24) is 20.1 Å². The van der Waals surface area contributed by atoms with Crippen molar-refractivity contribution in [3.05, 3.63) is 65.0 Å². The summed E-state index contributed by atoms with van der Waals surface area (Å²) < 4.78 is 33.9. The maximum atomic E-state index is 14.2. The molecule has 4 N–H and O–H groups in total. The van der Waals surface area contributed by atoms with Crippen LogP contribution in [0.15, 0.2) is 42.6 Å². The van der Waals surface area contributed by atoms with Gasteiger partial charge in [-0.2, -0.15) is 0 Å². The maximum absolute atomic E-state index is 14.2. The van der Waals surface area contributed by atoms with Crippen molar-refractivity contribution < 1.29 is 18.3 Å². The van der Waals surface area contributed by atoms with Crippen LogP contribution in [0, 0.1) is 0 Å². The van der Waals surface area contributed by atoms with Crippen molar-refractivity contribution in [1.29, 1.82) is 0 Å². The smallest absolute Gasteiger partial charge is 0.272 e. The molecule has 0 saturated carbocycles. The van der Waals surface area contributed by atoms with Crippen LogP contribution < -0.4 is 21.1 Å². The second-order valence-corrected chi connectivity index (χ2v) is 8.24. The molecule has 1 amide bonds. The lowest BCUT2D eigenvalue weighted by Crippen LogP contribution is -2.34. The monoisotopic (exact) mass is 469 g/mol. The summed E-state index contributed by atoms with van der Waals surface area (Å²) in [5, 5.41) is 14.0. The van der Waals surface area contributed by atoms with Crippen LogP contribution in [0.4, 0.5) is 26.1 Å². The van der Waals surface area contributed by atoms with E-state index in [1.807, 2.05) is 19.2 Å². The number of carbonyl (C=O) groups is 1. The lowest BCUT2D eigenvalue weighted by molar-refractivity contribution is 0.0181. The number of carbonyl (C=O) groups excluding carboxylic acids is 1. The van der Waals surface area contributed by atoms with Crippen LogP contribution in [-0.2, 0) is 12.5 Å². The van der Waals surface area contributed by atoms with Gasteiger partial charge in [0.15, 0.2) is 5.69 Å². The van der Waals surface area contributed by atoms with Gasteiger partial charge >= 0.3 is 0 Å². The standard InChI is InChI=1S/C23H25F2N7O2/c1-23(24,25)15-6-4-5-7-16(15)28-19-12-32(2)11-13-8-17(20(34-3)9-14(13)19)29-22-27-10-18(21(26)33)30-31-22/h4-10,19,28H,11-12H2,1-3H3,(H2,26,33)(H,27,29,31). The molecule has 1 aromatic heterocycles. The third kappa shape index (κ3) is 4.88. The number of hydrogen-bond acceptors (Lipinski definition) is 8. The Balaban J connectivity index is 1.67. The predicted octanol–water partition coefficient (Wildman–Crippen LogP) is 3.43. The summed E-state index contributed by atoms with van der Waals surface area (Å²) in [4.78, 5) is 17.4. The molecular formula is C23H25F2N7O2. The van der Waals surface area contributed by atoms with Crippen LogP contribution in [0.25, 0.3) is 0 Å². The van der Waals surface area contributed by atoms with E-state index in [2.05, 4.69) is 30.7 Å². The minimum absolute atomic E-state index is 0.0450. The first kappa shape index (κ1) is 23.3. The molecule has 1 aliphatic heterocycles. The van der Waals surface area contributed by atoms with Crippen molar-refractivity contribution in [3.8, 4) is 5.75 Å². The number of anilines is 3. The largest absolute Gasteiger partial charge is 0.495 e. The minimum atomic E-state index is -2.98. The zero-order chi connectivity index (χ0) is 24.5. The van der Waals surface area contributed by atoms with Crippen molar-refractivity contribution >= 4 is 23.2 Å². The van der Waals surface area contributed by atoms with Crippen molar-refractivity contribution in [2.75, 3.05) is 31.3 Å². The fraction of sp³-hybridized carbons (Fsp3) is 0.304. The Hall–Kier alpha value is -3.86. The van der Waals surface area contributed by atoms with Crippen LogP contribution >= 0.6 is 0 Å². The molecule has 9 nitrogen and oxygen atoms in total. The van der Waals surface area contributed by atoms with Crippen LogP contribution in [-0.4, -0.2) is 46.7 Å². The molecule has 0 fully saturated rings. The number of alkyl halides is 2. The van der Waals surface area contributed by atoms with Crippen LogP contribution in [0.3, 0.4) is 0 Å². The summed E-state index contributed by atoms with van der Waals surface area (Å²) in [7, 11) is 3.50. The van der Waals surface area contributed by atoms with E-state index < -0.39 is 11.8 Å². The number of halogens is 2. The summed E-state index contributed by atoms with van der Waals surface area (Å²) in [6.45, 7) is 2.16. The number of nitrogens with one attached hydrogen (secondary N) is 2. The molecule has 178 valence electrons. The SMILES string of the molecule is COc1cc2c(cc1Nc1ncc(C(N)=O)nn1)CN(C)CC2Nc1ccccc1C(C)(F)F. The molecule has 0 aliphatic carbocycles. The van der Waals surface area contributed by atoms with Gasteiger partial charge in [-0.3, -0.25) is 9.69 Å². The van der Waals surface area contributed by atoms with Gasteiger partial charge in [0.25, 0.3) is 11.8 Å². The van der Waals surface area contributed by atoms with Gasteiger partial charge in [-0.15, -0.1) is 10.2 Å². The normalized spacial score (nSPS) is 16.0. The van der Waals surface area contributed by atoms with E-state index in [9.17, 15) is 13.6 Å². The second kappa shape index (κ2) is 9.18. The number of methoxy groups -OCH3 is 1. The molecule has 34 heavy (non-hydrogen) atoms. The van der Waals surface area contributed by atoms with E-state index in [0.29, 0.717) is 30.2 Å². The Kier molecular flexibility index (Phi) is 6.29.